The molecule has 1 atom stereocenters. The fraction of sp³-hybridized carbons (Fsp3) is 0.444. The third-order valence-electron chi connectivity index (χ3n) is 4.51. The molecule has 1 fully saturated rings. The minimum atomic E-state index is -5.08. The van der Waals surface area contributed by atoms with Crippen LogP contribution in [0.5, 0.6) is 0 Å². The van der Waals surface area contributed by atoms with Gasteiger partial charge in [-0.3, -0.25) is 4.68 Å². The number of aromatic nitrogens is 4. The van der Waals surface area contributed by atoms with Crippen molar-refractivity contribution in [3.8, 4) is 0 Å². The van der Waals surface area contributed by atoms with E-state index in [2.05, 4.69) is 20.2 Å². The van der Waals surface area contributed by atoms with E-state index in [9.17, 15) is 13.2 Å². The first-order valence-corrected chi connectivity index (χ1v) is 9.16. The Labute approximate surface area is 168 Å². The molecular weight excluding hydrogens is 407 g/mol. The highest BCUT2D eigenvalue weighted by Crippen LogP contribution is 2.26. The summed E-state index contributed by atoms with van der Waals surface area (Å²) in [6.07, 6.45) is -1.03. The van der Waals surface area contributed by atoms with E-state index in [1.165, 1.54) is 0 Å². The van der Waals surface area contributed by atoms with E-state index in [1.807, 2.05) is 28.9 Å². The molecule has 1 aliphatic rings. The molecule has 0 spiro atoms. The van der Waals surface area contributed by atoms with E-state index >= 15 is 0 Å². The van der Waals surface area contributed by atoms with E-state index in [0.29, 0.717) is 17.6 Å². The summed E-state index contributed by atoms with van der Waals surface area (Å²) in [4.78, 5) is 15.7. The molecule has 30 heavy (non-hydrogen) atoms. The predicted molar refractivity (Wildman–Crippen MR) is 98.6 cm³/mol. The molecule has 1 aliphatic heterocycles. The molecule has 0 radical (unpaired) electrons. The van der Waals surface area contributed by atoms with Crippen LogP contribution in [0.4, 0.5) is 19.2 Å². The Hall–Kier alpha value is -3.15. The Bertz CT molecular complexity index is 955. The topological polar surface area (TPSA) is 118 Å². The van der Waals surface area contributed by atoms with Gasteiger partial charge in [0.15, 0.2) is 5.58 Å². The van der Waals surface area contributed by atoms with Gasteiger partial charge < -0.3 is 19.5 Å². The van der Waals surface area contributed by atoms with Crippen molar-refractivity contribution in [1.29, 1.82) is 0 Å². The quantitative estimate of drug-likeness (QED) is 0.652. The standard InChI is InChI=1S/C16H19N5O2.C2HF3O2/c22-11-13-10-21(19-18-13)9-12-4-3-7-20(8-12)16-17-14-5-1-2-6-15(14)23-16;3-2(4,5)1(6)7/h1-2,5-6,10,12,22H,3-4,7-9,11H2;(H,6,7). The number of carbonyl (C=O) groups is 1. The van der Waals surface area contributed by atoms with Gasteiger partial charge >= 0.3 is 12.1 Å². The van der Waals surface area contributed by atoms with Crippen LogP contribution in [0.2, 0.25) is 0 Å². The number of benzene rings is 1. The number of fused-ring (bicyclic) bond motifs is 1. The molecule has 1 aromatic carbocycles. The number of alkyl halides is 3. The zero-order valence-corrected chi connectivity index (χ0v) is 15.8. The van der Waals surface area contributed by atoms with Gasteiger partial charge in [0.05, 0.1) is 12.8 Å². The molecule has 3 heterocycles. The molecule has 2 aromatic heterocycles. The largest absolute Gasteiger partial charge is 0.490 e. The van der Waals surface area contributed by atoms with E-state index < -0.39 is 12.1 Å². The molecule has 3 aromatic rings. The highest BCUT2D eigenvalue weighted by molar-refractivity contribution is 5.74. The number of carboxylic acid groups (broad SMARTS) is 1. The normalized spacial score (nSPS) is 16.9. The summed E-state index contributed by atoms with van der Waals surface area (Å²) < 4.78 is 39.4. The molecule has 162 valence electrons. The number of halogens is 3. The second-order valence-corrected chi connectivity index (χ2v) is 6.81. The van der Waals surface area contributed by atoms with Gasteiger partial charge in [0.2, 0.25) is 0 Å². The Morgan fingerprint density at radius 3 is 2.67 bits per heavy atom. The van der Waals surface area contributed by atoms with Crippen molar-refractivity contribution in [2.24, 2.45) is 5.92 Å². The van der Waals surface area contributed by atoms with Crippen LogP contribution < -0.4 is 4.90 Å². The number of hydrogen-bond donors (Lipinski definition) is 2. The summed E-state index contributed by atoms with van der Waals surface area (Å²) in [5.74, 6) is -2.29. The van der Waals surface area contributed by atoms with Crippen molar-refractivity contribution < 1.29 is 32.6 Å². The molecule has 0 bridgehead atoms. The summed E-state index contributed by atoms with van der Waals surface area (Å²) >= 11 is 0. The number of aliphatic carboxylic acids is 1. The lowest BCUT2D eigenvalue weighted by Crippen LogP contribution is -2.37. The van der Waals surface area contributed by atoms with Gasteiger partial charge in [-0.1, -0.05) is 17.3 Å². The number of para-hydroxylation sites is 2. The number of aliphatic hydroxyl groups excluding tert-OH is 1. The maximum Gasteiger partial charge on any atom is 0.490 e. The Morgan fingerprint density at radius 2 is 2.03 bits per heavy atom. The number of piperidine rings is 1. The third-order valence-corrected chi connectivity index (χ3v) is 4.51. The second kappa shape index (κ2) is 9.11. The van der Waals surface area contributed by atoms with Crippen LogP contribution in [0, 0.1) is 5.92 Å². The number of nitrogens with zero attached hydrogens (tertiary/aromatic N) is 5. The summed E-state index contributed by atoms with van der Waals surface area (Å²) in [5, 5.41) is 24.2. The third kappa shape index (κ3) is 5.47. The van der Waals surface area contributed by atoms with Crippen molar-refractivity contribution >= 4 is 23.1 Å². The molecule has 1 saturated heterocycles. The lowest BCUT2D eigenvalue weighted by atomic mass is 9.98. The maximum atomic E-state index is 10.6. The predicted octanol–water partition coefficient (Wildman–Crippen LogP) is 2.46. The SMILES string of the molecule is O=C(O)C(F)(F)F.OCc1cn(CC2CCCN(c3nc4ccccc4o3)C2)nn1. The summed E-state index contributed by atoms with van der Waals surface area (Å²) in [6, 6.07) is 8.54. The Kier molecular flexibility index (Phi) is 6.55. The molecular formula is C18H20F3N5O4. The maximum absolute atomic E-state index is 10.6. The molecule has 2 N–H and O–H groups in total. The highest BCUT2D eigenvalue weighted by Gasteiger charge is 2.38. The van der Waals surface area contributed by atoms with Gasteiger partial charge in [-0.25, -0.2) is 4.79 Å². The zero-order valence-electron chi connectivity index (χ0n) is 15.8. The molecule has 9 nitrogen and oxygen atoms in total. The molecule has 4 rings (SSSR count). The minimum absolute atomic E-state index is 0.0697. The molecule has 12 heteroatoms. The zero-order chi connectivity index (χ0) is 21.7. The lowest BCUT2D eigenvalue weighted by Gasteiger charge is -2.31. The first-order chi connectivity index (χ1) is 14.3. The molecule has 0 amide bonds. The number of anilines is 1. The van der Waals surface area contributed by atoms with Crippen LogP contribution in [-0.2, 0) is 17.9 Å². The van der Waals surface area contributed by atoms with Crippen LogP contribution in [0.15, 0.2) is 34.9 Å². The lowest BCUT2D eigenvalue weighted by molar-refractivity contribution is -0.192. The van der Waals surface area contributed by atoms with Gasteiger partial charge in [-0.15, -0.1) is 5.10 Å². The molecule has 0 saturated carbocycles. The van der Waals surface area contributed by atoms with Crippen LogP contribution in [0.25, 0.3) is 11.1 Å². The first kappa shape index (κ1) is 21.6. The van der Waals surface area contributed by atoms with Crippen LogP contribution >= 0.6 is 0 Å². The van der Waals surface area contributed by atoms with E-state index in [0.717, 1.165) is 43.6 Å². The van der Waals surface area contributed by atoms with Gasteiger partial charge in [-0.2, -0.15) is 18.2 Å². The summed E-state index contributed by atoms with van der Waals surface area (Å²) in [7, 11) is 0. The van der Waals surface area contributed by atoms with Gasteiger partial charge in [0, 0.05) is 19.6 Å². The minimum Gasteiger partial charge on any atom is -0.475 e. The number of aliphatic hydroxyl groups is 1. The molecule has 1 unspecified atom stereocenters. The van der Waals surface area contributed by atoms with E-state index in [4.69, 9.17) is 19.4 Å². The molecule has 0 aliphatic carbocycles. The average molecular weight is 427 g/mol. The fourth-order valence-corrected chi connectivity index (χ4v) is 3.15. The Morgan fingerprint density at radius 1 is 1.30 bits per heavy atom. The van der Waals surface area contributed by atoms with Crippen LogP contribution in [0.3, 0.4) is 0 Å². The number of carboxylic acids is 1. The Balaban J connectivity index is 0.000000318. The smallest absolute Gasteiger partial charge is 0.475 e. The van der Waals surface area contributed by atoms with Gasteiger partial charge in [0.25, 0.3) is 6.01 Å². The van der Waals surface area contributed by atoms with Gasteiger partial charge in [0.1, 0.15) is 11.2 Å². The first-order valence-electron chi connectivity index (χ1n) is 9.16. The van der Waals surface area contributed by atoms with Crippen LogP contribution in [0.1, 0.15) is 18.5 Å². The summed E-state index contributed by atoms with van der Waals surface area (Å²) in [6.45, 7) is 2.58. The second-order valence-electron chi connectivity index (χ2n) is 6.81. The van der Waals surface area contributed by atoms with E-state index in [1.54, 1.807) is 6.20 Å². The van der Waals surface area contributed by atoms with Crippen molar-refractivity contribution in [2.45, 2.75) is 32.2 Å². The van der Waals surface area contributed by atoms with Crippen molar-refractivity contribution in [1.82, 2.24) is 20.0 Å². The van der Waals surface area contributed by atoms with Crippen LogP contribution in [-0.4, -0.2) is 55.4 Å². The van der Waals surface area contributed by atoms with Crippen molar-refractivity contribution in [3.05, 3.63) is 36.2 Å². The average Bonchev–Trinajstić information content (AvgIpc) is 3.34. The summed E-state index contributed by atoms with van der Waals surface area (Å²) in [5.41, 5.74) is 2.33. The van der Waals surface area contributed by atoms with E-state index in [-0.39, 0.29) is 6.61 Å². The highest BCUT2D eigenvalue weighted by atomic mass is 19.4. The fourth-order valence-electron chi connectivity index (χ4n) is 3.15. The number of hydrogen-bond acceptors (Lipinski definition) is 7. The number of oxazole rings is 1. The van der Waals surface area contributed by atoms with Gasteiger partial charge in [-0.05, 0) is 30.9 Å². The number of rotatable bonds is 4. The monoisotopic (exact) mass is 427 g/mol. The van der Waals surface area contributed by atoms with Crippen molar-refractivity contribution in [2.75, 3.05) is 18.0 Å². The van der Waals surface area contributed by atoms with Crippen molar-refractivity contribution in [3.63, 3.8) is 0 Å².